The molecule has 0 unspecified atom stereocenters. The number of thiophene rings is 1. The fourth-order valence-corrected chi connectivity index (χ4v) is 4.98. The van der Waals surface area contributed by atoms with Gasteiger partial charge in [-0.2, -0.15) is 0 Å². The van der Waals surface area contributed by atoms with Gasteiger partial charge in [-0.1, -0.05) is 18.2 Å². The van der Waals surface area contributed by atoms with E-state index >= 15 is 0 Å². The van der Waals surface area contributed by atoms with Crippen molar-refractivity contribution < 1.29 is 9.82 Å². The van der Waals surface area contributed by atoms with Crippen LogP contribution >= 0.6 is 11.3 Å². The van der Waals surface area contributed by atoms with E-state index in [1.54, 1.807) is 42.8 Å². The molecule has 0 aliphatic carbocycles. The van der Waals surface area contributed by atoms with Gasteiger partial charge in [-0.25, -0.2) is 9.97 Å². The topological polar surface area (TPSA) is 94.5 Å². The molecular formula is C23H23BN6O2S. The van der Waals surface area contributed by atoms with E-state index in [9.17, 15) is 9.82 Å². The van der Waals surface area contributed by atoms with Gasteiger partial charge in [-0.05, 0) is 36.5 Å². The van der Waals surface area contributed by atoms with E-state index in [0.29, 0.717) is 17.2 Å². The number of pyridine rings is 1. The number of rotatable bonds is 5. The Labute approximate surface area is 196 Å². The maximum Gasteiger partial charge on any atom is 0.376 e. The van der Waals surface area contributed by atoms with Crippen molar-refractivity contribution in [3.05, 3.63) is 66.7 Å². The fourth-order valence-electron chi connectivity index (χ4n) is 3.98. The molecule has 5 rings (SSSR count). The molecule has 166 valence electrons. The lowest BCUT2D eigenvalue weighted by Crippen LogP contribution is -2.51. The lowest BCUT2D eigenvalue weighted by Gasteiger charge is -2.37. The second-order valence-electron chi connectivity index (χ2n) is 7.92. The molecule has 0 atom stereocenters. The number of hydrogen-bond acceptors (Lipinski definition) is 8. The Bertz CT molecular complexity index is 1260. The van der Waals surface area contributed by atoms with Crippen LogP contribution in [0.15, 0.2) is 61.1 Å². The van der Waals surface area contributed by atoms with Crippen LogP contribution in [0.4, 0.5) is 11.4 Å². The van der Waals surface area contributed by atoms with Gasteiger partial charge in [0.15, 0.2) is 5.82 Å². The van der Waals surface area contributed by atoms with Crippen LogP contribution in [0.1, 0.15) is 10.5 Å². The number of benzene rings is 1. The van der Waals surface area contributed by atoms with E-state index in [1.807, 2.05) is 29.1 Å². The minimum Gasteiger partial charge on any atom is -0.437 e. The van der Waals surface area contributed by atoms with E-state index in [0.717, 1.165) is 46.8 Å². The van der Waals surface area contributed by atoms with E-state index < -0.39 is 7.05 Å². The Kier molecular flexibility index (Phi) is 6.04. The molecular weight excluding hydrogens is 435 g/mol. The van der Waals surface area contributed by atoms with Gasteiger partial charge in [0.1, 0.15) is 5.69 Å². The number of fused-ring (bicyclic) bond motifs is 1. The zero-order chi connectivity index (χ0) is 22.8. The van der Waals surface area contributed by atoms with Gasteiger partial charge in [-0.3, -0.25) is 9.78 Å². The third kappa shape index (κ3) is 4.59. The van der Waals surface area contributed by atoms with Gasteiger partial charge in [-0.15, -0.1) is 11.3 Å². The number of aromatic nitrogens is 3. The third-order valence-electron chi connectivity index (χ3n) is 5.76. The maximum absolute atomic E-state index is 13.1. The summed E-state index contributed by atoms with van der Waals surface area (Å²) in [6.07, 6.45) is 4.99. The van der Waals surface area contributed by atoms with Crippen LogP contribution in [-0.4, -0.2) is 63.9 Å². The highest BCUT2D eigenvalue weighted by Crippen LogP contribution is 2.31. The number of carbonyl (C=O) groups excluding carboxylic acids is 1. The van der Waals surface area contributed by atoms with E-state index in [4.69, 9.17) is 0 Å². The summed E-state index contributed by atoms with van der Waals surface area (Å²) < 4.78 is 1.15. The highest BCUT2D eigenvalue weighted by molar-refractivity contribution is 7.22. The molecule has 33 heavy (non-hydrogen) atoms. The quantitative estimate of drug-likeness (QED) is 0.444. The molecule has 1 aliphatic heterocycles. The van der Waals surface area contributed by atoms with E-state index in [1.165, 1.54) is 0 Å². The molecule has 1 amide bonds. The van der Waals surface area contributed by atoms with Crippen molar-refractivity contribution in [2.75, 3.05) is 36.4 Å². The largest absolute Gasteiger partial charge is 0.437 e. The summed E-state index contributed by atoms with van der Waals surface area (Å²) >= 11 is 1.60. The number of piperazine rings is 1. The Balaban J connectivity index is 1.35. The second-order valence-corrected chi connectivity index (χ2v) is 9.00. The first-order chi connectivity index (χ1) is 16.1. The predicted octanol–water partition coefficient (Wildman–Crippen LogP) is 3.24. The highest BCUT2D eigenvalue weighted by Gasteiger charge is 2.24. The molecule has 10 heteroatoms. The summed E-state index contributed by atoms with van der Waals surface area (Å²) in [4.78, 5) is 31.3. The normalized spacial score (nSPS) is 14.4. The molecule has 1 aromatic carbocycles. The Morgan fingerprint density at radius 2 is 1.94 bits per heavy atom. The molecule has 0 spiro atoms. The first-order valence-corrected chi connectivity index (χ1v) is 11.6. The number of nitrogens with zero attached hydrogens (tertiary/aromatic N) is 5. The van der Waals surface area contributed by atoms with Gasteiger partial charge in [0.25, 0.3) is 5.91 Å². The van der Waals surface area contributed by atoms with Crippen LogP contribution in [0.5, 0.6) is 0 Å². The van der Waals surface area contributed by atoms with Crippen LogP contribution in [0.25, 0.3) is 20.8 Å². The minimum absolute atomic E-state index is 0.297. The van der Waals surface area contributed by atoms with Crippen LogP contribution in [0.3, 0.4) is 0 Å². The summed E-state index contributed by atoms with van der Waals surface area (Å²) in [5.41, 5.74) is 1.84. The standard InChI is InChI=1S/C23H23BN6O2S/c1-24(32)30-12-10-29(11-13-30)19-7-8-25-15-18(19)28-23(31)17-6-9-26-22(27-17)21-14-16-4-2-3-5-20(16)33-21/h2-9,14-15,32H,10-13H2,1H3,(H,28,31). The maximum atomic E-state index is 13.1. The molecule has 3 aromatic heterocycles. The highest BCUT2D eigenvalue weighted by atomic mass is 32.1. The molecule has 1 fully saturated rings. The zero-order valence-electron chi connectivity index (χ0n) is 18.2. The number of hydrogen-bond donors (Lipinski definition) is 2. The average molecular weight is 458 g/mol. The van der Waals surface area contributed by atoms with Gasteiger partial charge in [0, 0.05) is 43.3 Å². The zero-order valence-corrected chi connectivity index (χ0v) is 19.0. The van der Waals surface area contributed by atoms with Crippen molar-refractivity contribution >= 4 is 45.8 Å². The molecule has 4 heterocycles. The summed E-state index contributed by atoms with van der Waals surface area (Å²) in [5.74, 6) is 0.223. The second kappa shape index (κ2) is 9.26. The number of amides is 1. The lowest BCUT2D eigenvalue weighted by atomic mass is 9.84. The predicted molar refractivity (Wildman–Crippen MR) is 133 cm³/mol. The monoisotopic (exact) mass is 458 g/mol. The van der Waals surface area contributed by atoms with Crippen LogP contribution < -0.4 is 10.2 Å². The van der Waals surface area contributed by atoms with Gasteiger partial charge >= 0.3 is 7.05 Å². The van der Waals surface area contributed by atoms with Crippen molar-refractivity contribution in [2.45, 2.75) is 6.82 Å². The van der Waals surface area contributed by atoms with Crippen molar-refractivity contribution in [1.29, 1.82) is 0 Å². The van der Waals surface area contributed by atoms with Gasteiger partial charge in [0.05, 0.1) is 22.4 Å². The van der Waals surface area contributed by atoms with E-state index in [2.05, 4.69) is 37.3 Å². The number of anilines is 2. The Hall–Kier alpha value is -3.34. The smallest absolute Gasteiger partial charge is 0.376 e. The molecule has 4 aromatic rings. The first-order valence-electron chi connectivity index (χ1n) is 10.8. The van der Waals surface area contributed by atoms with Crippen molar-refractivity contribution in [3.63, 3.8) is 0 Å². The molecule has 0 bridgehead atoms. The molecule has 8 nitrogen and oxygen atoms in total. The molecule has 0 radical (unpaired) electrons. The van der Waals surface area contributed by atoms with Crippen molar-refractivity contribution in [3.8, 4) is 10.7 Å². The number of nitrogens with one attached hydrogen (secondary N) is 1. The molecule has 0 saturated carbocycles. The molecule has 1 aliphatic rings. The van der Waals surface area contributed by atoms with Crippen LogP contribution in [-0.2, 0) is 0 Å². The molecule has 1 saturated heterocycles. The van der Waals surface area contributed by atoms with Crippen molar-refractivity contribution in [1.82, 2.24) is 19.8 Å². The Morgan fingerprint density at radius 3 is 2.73 bits per heavy atom. The SMILES string of the molecule is CB(O)N1CCN(c2ccncc2NC(=O)c2ccnc(-c3cc4ccccc4s3)n2)CC1. The summed E-state index contributed by atoms with van der Waals surface area (Å²) in [5, 5.41) is 13.9. The van der Waals surface area contributed by atoms with Gasteiger partial charge in [0.2, 0.25) is 0 Å². The fraction of sp³-hybridized carbons (Fsp3) is 0.217. The van der Waals surface area contributed by atoms with Crippen molar-refractivity contribution in [2.24, 2.45) is 0 Å². The van der Waals surface area contributed by atoms with Gasteiger partial charge < -0.3 is 20.1 Å². The minimum atomic E-state index is -0.461. The summed E-state index contributed by atoms with van der Waals surface area (Å²) in [6, 6.07) is 13.7. The average Bonchev–Trinajstić information content (AvgIpc) is 3.29. The summed E-state index contributed by atoms with van der Waals surface area (Å²) in [6.45, 7) is 4.78. The van der Waals surface area contributed by atoms with Crippen LogP contribution in [0, 0.1) is 0 Å². The van der Waals surface area contributed by atoms with E-state index in [-0.39, 0.29) is 5.91 Å². The Morgan fingerprint density at radius 1 is 1.12 bits per heavy atom. The number of carbonyl (C=O) groups is 1. The first kappa shape index (κ1) is 21.5. The third-order valence-corrected chi connectivity index (χ3v) is 6.88. The summed E-state index contributed by atoms with van der Waals surface area (Å²) in [7, 11) is -0.461. The lowest BCUT2D eigenvalue weighted by molar-refractivity contribution is 0.102. The molecule has 2 N–H and O–H groups in total. The van der Waals surface area contributed by atoms with Crippen LogP contribution in [0.2, 0.25) is 6.82 Å².